The van der Waals surface area contributed by atoms with Gasteiger partial charge in [-0.05, 0) is 6.07 Å². The van der Waals surface area contributed by atoms with Crippen LogP contribution in [0.2, 0.25) is 0 Å². The van der Waals surface area contributed by atoms with E-state index in [4.69, 9.17) is 11.6 Å². The fraction of sp³-hybridized carbons (Fsp3) is 0.143. The quantitative estimate of drug-likeness (QED) is 0.471. The van der Waals surface area contributed by atoms with Crippen LogP contribution in [0.3, 0.4) is 0 Å². The van der Waals surface area contributed by atoms with Gasteiger partial charge in [0.1, 0.15) is 10.7 Å². The summed E-state index contributed by atoms with van der Waals surface area (Å²) in [5.74, 6) is -1.02. The van der Waals surface area contributed by atoms with Crippen molar-refractivity contribution in [3.8, 4) is 0 Å². The number of hydrogen-bond donors (Lipinski definition) is 1. The molecule has 1 radical (unpaired) electrons. The molecule has 0 aromatic carbocycles. The minimum atomic E-state index is -4.92. The lowest BCUT2D eigenvalue weighted by Crippen LogP contribution is -2.41. The van der Waals surface area contributed by atoms with Crippen molar-refractivity contribution in [1.29, 1.82) is 0 Å². The second-order valence-corrected chi connectivity index (χ2v) is 7.65. The maximum absolute atomic E-state index is 14.4. The molecule has 12 heteroatoms. The largest absolute Gasteiger partial charge is 0.431 e. The highest BCUT2D eigenvalue weighted by atomic mass is 35.5. The molecule has 1 aliphatic heterocycles. The maximum atomic E-state index is 14.4. The Kier molecular flexibility index (Phi) is 4.53. The Hall–Kier alpha value is -2.40. The lowest BCUT2D eigenvalue weighted by Gasteiger charge is -2.20. The van der Waals surface area contributed by atoms with Crippen molar-refractivity contribution in [3.63, 3.8) is 0 Å². The average molecular weight is 408 g/mol. The Balaban J connectivity index is 2.27. The van der Waals surface area contributed by atoms with E-state index in [1.807, 2.05) is 0 Å². The molecule has 0 amide bonds. The Bertz CT molecular complexity index is 1060. The number of thiol groups is 1. The first kappa shape index (κ1) is 18.4. The van der Waals surface area contributed by atoms with Crippen LogP contribution < -0.4 is 11.2 Å². The van der Waals surface area contributed by atoms with Crippen molar-refractivity contribution in [2.45, 2.75) is 11.3 Å². The van der Waals surface area contributed by atoms with Crippen molar-refractivity contribution in [1.82, 2.24) is 19.1 Å². The third-order valence-corrected chi connectivity index (χ3v) is 6.04. The molecule has 3 heterocycles. The fourth-order valence-electron chi connectivity index (χ4n) is 2.30. The van der Waals surface area contributed by atoms with E-state index in [0.29, 0.717) is 4.57 Å². The number of alkyl halides is 3. The second-order valence-electron chi connectivity index (χ2n) is 5.00. The molecule has 1 atom stereocenters. The normalized spacial score (nSPS) is 19.0. The summed E-state index contributed by atoms with van der Waals surface area (Å²) in [5.41, 5.74) is -4.14. The molecule has 0 bridgehead atoms. The van der Waals surface area contributed by atoms with Crippen LogP contribution in [0.25, 0.3) is 5.03 Å². The Labute approximate surface area is 150 Å². The van der Waals surface area contributed by atoms with E-state index >= 15 is 0 Å². The SMILES string of the molecule is Cn1c(C(F)(F)F)cc(=O)n(C2=C(F)C=C(Cl)[SH]2c2n[c]ccn2)c1=O. The van der Waals surface area contributed by atoms with Gasteiger partial charge in [0.25, 0.3) is 5.56 Å². The Morgan fingerprint density at radius 1 is 1.31 bits per heavy atom. The third-order valence-electron chi connectivity index (χ3n) is 3.41. The predicted molar refractivity (Wildman–Crippen MR) is 87.3 cm³/mol. The summed E-state index contributed by atoms with van der Waals surface area (Å²) in [5, 5.41) is -0.482. The van der Waals surface area contributed by atoms with Gasteiger partial charge in [-0.15, -0.1) is 10.9 Å². The molecule has 0 N–H and O–H groups in total. The number of rotatable bonds is 2. The summed E-state index contributed by atoms with van der Waals surface area (Å²) in [4.78, 5) is 32.4. The first-order valence-corrected chi connectivity index (χ1v) is 8.51. The van der Waals surface area contributed by atoms with Crippen LogP contribution in [0.1, 0.15) is 5.69 Å². The smallest absolute Gasteiger partial charge is 0.292 e. The van der Waals surface area contributed by atoms with Gasteiger partial charge in [-0.3, -0.25) is 9.36 Å². The highest BCUT2D eigenvalue weighted by Gasteiger charge is 2.37. The zero-order valence-electron chi connectivity index (χ0n) is 12.8. The van der Waals surface area contributed by atoms with E-state index in [-0.39, 0.29) is 20.2 Å². The third kappa shape index (κ3) is 2.97. The van der Waals surface area contributed by atoms with E-state index in [1.54, 1.807) is 0 Å². The molecule has 1 aliphatic rings. The molecule has 0 saturated heterocycles. The van der Waals surface area contributed by atoms with Gasteiger partial charge in [0, 0.05) is 25.4 Å². The number of hydrogen-bond acceptors (Lipinski definition) is 4. The van der Waals surface area contributed by atoms with Gasteiger partial charge in [-0.25, -0.2) is 23.7 Å². The topological polar surface area (TPSA) is 69.8 Å². The van der Waals surface area contributed by atoms with Gasteiger partial charge >= 0.3 is 11.9 Å². The highest BCUT2D eigenvalue weighted by molar-refractivity contribution is 8.29. The summed E-state index contributed by atoms with van der Waals surface area (Å²) in [6.45, 7) is 0. The molecule has 137 valence electrons. The first-order valence-electron chi connectivity index (χ1n) is 6.79. The molecular weight excluding hydrogens is 400 g/mol. The number of aromatic nitrogens is 4. The van der Waals surface area contributed by atoms with E-state index in [2.05, 4.69) is 16.2 Å². The lowest BCUT2D eigenvalue weighted by molar-refractivity contribution is -0.144. The van der Waals surface area contributed by atoms with Crippen LogP contribution in [0, 0.1) is 6.20 Å². The van der Waals surface area contributed by atoms with Gasteiger partial charge < -0.3 is 0 Å². The average Bonchev–Trinajstić information content (AvgIpc) is 2.85. The summed E-state index contributed by atoms with van der Waals surface area (Å²) < 4.78 is 53.8. The van der Waals surface area contributed by atoms with E-state index in [0.717, 1.165) is 13.1 Å². The van der Waals surface area contributed by atoms with Crippen molar-refractivity contribution >= 4 is 27.5 Å². The van der Waals surface area contributed by atoms with Gasteiger partial charge in [-0.2, -0.15) is 13.2 Å². The summed E-state index contributed by atoms with van der Waals surface area (Å²) in [6.07, 6.45) is -0.276. The molecule has 0 aliphatic carbocycles. The van der Waals surface area contributed by atoms with Crippen LogP contribution in [-0.4, -0.2) is 19.1 Å². The zero-order valence-corrected chi connectivity index (χ0v) is 14.4. The fourth-order valence-corrected chi connectivity index (χ4v) is 4.69. The number of allylic oxidation sites excluding steroid dienone is 2. The van der Waals surface area contributed by atoms with Crippen LogP contribution in [0.4, 0.5) is 17.6 Å². The summed E-state index contributed by atoms with van der Waals surface area (Å²) >= 11 is 6.01. The van der Waals surface area contributed by atoms with E-state index in [1.165, 1.54) is 12.3 Å². The van der Waals surface area contributed by atoms with Crippen molar-refractivity contribution in [2.75, 3.05) is 0 Å². The van der Waals surface area contributed by atoms with Crippen molar-refractivity contribution in [2.24, 2.45) is 7.05 Å². The van der Waals surface area contributed by atoms with Crippen LogP contribution in [-0.2, 0) is 13.2 Å². The number of nitrogens with zero attached hydrogens (tertiary/aromatic N) is 4. The summed E-state index contributed by atoms with van der Waals surface area (Å²) in [7, 11) is -1.18. The lowest BCUT2D eigenvalue weighted by atomic mass is 10.4. The van der Waals surface area contributed by atoms with Crippen molar-refractivity contribution < 1.29 is 17.6 Å². The molecular formula is C14H8ClF4N4O2S. The Morgan fingerprint density at radius 3 is 2.58 bits per heavy atom. The Morgan fingerprint density at radius 2 is 2.00 bits per heavy atom. The maximum Gasteiger partial charge on any atom is 0.431 e. The molecule has 0 fully saturated rings. The predicted octanol–water partition coefficient (Wildman–Crippen LogP) is 2.41. The van der Waals surface area contributed by atoms with E-state index < -0.39 is 44.9 Å². The first-order chi connectivity index (χ1) is 12.1. The molecule has 1 unspecified atom stereocenters. The monoisotopic (exact) mass is 407 g/mol. The summed E-state index contributed by atoms with van der Waals surface area (Å²) in [6, 6.07) is 1.59. The standard InChI is InChI=1S/C14H8ClF4N4O2S/c1-22-8(14(17,18)19)6-10(24)23(13(22)25)11-7(16)5-9(15)26(11)12-20-3-2-4-21-12/h2-3,5-6,26H,1H3. The number of halogens is 5. The molecule has 2 aromatic rings. The zero-order chi connectivity index (χ0) is 19.2. The van der Waals surface area contributed by atoms with Gasteiger partial charge in [0.05, 0.1) is 10.6 Å². The molecule has 0 spiro atoms. The molecule has 0 saturated carbocycles. The van der Waals surface area contributed by atoms with Crippen LogP contribution in [0.15, 0.2) is 49.3 Å². The minimum absolute atomic E-state index is 0.000232. The van der Waals surface area contributed by atoms with Crippen molar-refractivity contribution in [3.05, 3.63) is 67.3 Å². The van der Waals surface area contributed by atoms with Gasteiger partial charge in [0.15, 0.2) is 11.0 Å². The highest BCUT2D eigenvalue weighted by Crippen LogP contribution is 2.57. The second kappa shape index (κ2) is 6.40. The van der Waals surface area contributed by atoms with Crippen LogP contribution >= 0.6 is 22.5 Å². The molecule has 6 nitrogen and oxygen atoms in total. The van der Waals surface area contributed by atoms with E-state index in [9.17, 15) is 27.2 Å². The van der Waals surface area contributed by atoms with Crippen LogP contribution in [0.5, 0.6) is 0 Å². The molecule has 2 aromatic heterocycles. The minimum Gasteiger partial charge on any atom is -0.292 e. The molecule has 26 heavy (non-hydrogen) atoms. The van der Waals surface area contributed by atoms with Gasteiger partial charge in [-0.1, -0.05) is 11.6 Å². The molecule has 3 rings (SSSR count). The van der Waals surface area contributed by atoms with Gasteiger partial charge in [0.2, 0.25) is 0 Å².